The number of rotatable bonds is 10. The molecule has 0 fully saturated rings. The van der Waals surface area contributed by atoms with Crippen LogP contribution in [0.15, 0.2) is 309 Å². The Morgan fingerprint density at radius 3 is 1.12 bits per heavy atom. The monoisotopic (exact) mass is 953 g/mol. The van der Waals surface area contributed by atoms with E-state index in [2.05, 4.69) is 314 Å². The van der Waals surface area contributed by atoms with Crippen LogP contribution < -0.4 is 4.90 Å². The van der Waals surface area contributed by atoms with Gasteiger partial charge in [-0.3, -0.25) is 0 Å². The van der Waals surface area contributed by atoms with Gasteiger partial charge in [-0.1, -0.05) is 261 Å². The average Bonchev–Trinajstić information content (AvgIpc) is 4.00. The molecule has 14 rings (SSSR count). The Morgan fingerprint density at radius 2 is 0.547 bits per heavy atom. The summed E-state index contributed by atoms with van der Waals surface area (Å²) < 4.78 is 0. The Balaban J connectivity index is 0.929. The summed E-state index contributed by atoms with van der Waals surface area (Å²) in [6, 6.07) is 114. The van der Waals surface area contributed by atoms with Gasteiger partial charge in [0.05, 0.1) is 10.8 Å². The molecule has 0 saturated carbocycles. The molecule has 0 aromatic heterocycles. The minimum atomic E-state index is -0.487. The SMILES string of the molecule is c1ccc(-c2cccc(-c3cccc(N(c4ccc(-c5ccc6c(c5)C(c5ccccc5)(c5ccccc5)c5ccccc5-6)cc4)c4ccc5c(c4)-c4ccccc4C5(c4ccccc4)c4ccccc4)c3)c2)cc1. The Bertz CT molecular complexity index is 3950. The van der Waals surface area contributed by atoms with Crippen molar-refractivity contribution in [2.45, 2.75) is 10.8 Å². The first-order valence-corrected chi connectivity index (χ1v) is 26.1. The Hall–Kier alpha value is -9.56. The molecule has 1 nitrogen and oxygen atoms in total. The third-order valence-electron chi connectivity index (χ3n) is 16.0. The molecule has 75 heavy (non-hydrogen) atoms. The highest BCUT2D eigenvalue weighted by Crippen LogP contribution is 2.59. The van der Waals surface area contributed by atoms with Gasteiger partial charge in [0.15, 0.2) is 0 Å². The first kappa shape index (κ1) is 44.2. The second-order valence-electron chi connectivity index (χ2n) is 19.9. The second-order valence-corrected chi connectivity index (χ2v) is 19.9. The van der Waals surface area contributed by atoms with E-state index in [1.54, 1.807) is 0 Å². The number of benzene rings is 12. The average molecular weight is 954 g/mol. The lowest BCUT2D eigenvalue weighted by molar-refractivity contribution is 0.768. The van der Waals surface area contributed by atoms with E-state index in [0.717, 1.165) is 28.2 Å². The molecule has 2 aliphatic rings. The summed E-state index contributed by atoms with van der Waals surface area (Å²) in [4.78, 5) is 2.44. The highest BCUT2D eigenvalue weighted by Gasteiger charge is 2.47. The number of anilines is 3. The summed E-state index contributed by atoms with van der Waals surface area (Å²) >= 11 is 0. The molecule has 12 aromatic rings. The van der Waals surface area contributed by atoms with Gasteiger partial charge in [0.1, 0.15) is 0 Å². The summed E-state index contributed by atoms with van der Waals surface area (Å²) in [6.07, 6.45) is 0. The minimum Gasteiger partial charge on any atom is -0.310 e. The van der Waals surface area contributed by atoms with E-state index in [-0.39, 0.29) is 0 Å². The summed E-state index contributed by atoms with van der Waals surface area (Å²) in [5.41, 5.74) is 24.7. The lowest BCUT2D eigenvalue weighted by Gasteiger charge is -2.34. The zero-order chi connectivity index (χ0) is 49.8. The van der Waals surface area contributed by atoms with Crippen LogP contribution in [0.4, 0.5) is 17.1 Å². The molecule has 0 heterocycles. The smallest absolute Gasteiger partial charge is 0.0713 e. The van der Waals surface area contributed by atoms with Gasteiger partial charge in [-0.05, 0) is 149 Å². The Labute approximate surface area is 440 Å². The molecule has 0 unspecified atom stereocenters. The topological polar surface area (TPSA) is 3.24 Å². The molecular formula is C74H51N. The first-order valence-electron chi connectivity index (χ1n) is 26.1. The fourth-order valence-electron chi connectivity index (χ4n) is 12.8. The van der Waals surface area contributed by atoms with Gasteiger partial charge in [0.25, 0.3) is 0 Å². The van der Waals surface area contributed by atoms with Crippen molar-refractivity contribution >= 4 is 17.1 Å². The second kappa shape index (κ2) is 18.2. The van der Waals surface area contributed by atoms with Crippen molar-refractivity contribution in [1.29, 1.82) is 0 Å². The lowest BCUT2D eigenvalue weighted by Crippen LogP contribution is -2.28. The van der Waals surface area contributed by atoms with E-state index in [1.807, 2.05) is 0 Å². The van der Waals surface area contributed by atoms with Crippen molar-refractivity contribution in [3.8, 4) is 55.6 Å². The maximum Gasteiger partial charge on any atom is 0.0713 e. The van der Waals surface area contributed by atoms with Crippen LogP contribution in [-0.4, -0.2) is 0 Å². The minimum absolute atomic E-state index is 0.475. The van der Waals surface area contributed by atoms with Crippen LogP contribution in [0.2, 0.25) is 0 Å². The van der Waals surface area contributed by atoms with E-state index >= 15 is 0 Å². The Morgan fingerprint density at radius 1 is 0.187 bits per heavy atom. The number of nitrogens with zero attached hydrogens (tertiary/aromatic N) is 1. The van der Waals surface area contributed by atoms with Crippen LogP contribution in [0.3, 0.4) is 0 Å². The van der Waals surface area contributed by atoms with Crippen LogP contribution in [0.25, 0.3) is 55.6 Å². The molecule has 0 spiro atoms. The van der Waals surface area contributed by atoms with Crippen molar-refractivity contribution in [3.05, 3.63) is 354 Å². The number of fused-ring (bicyclic) bond motifs is 6. The van der Waals surface area contributed by atoms with Crippen LogP contribution in [0.5, 0.6) is 0 Å². The molecule has 0 N–H and O–H groups in total. The van der Waals surface area contributed by atoms with Gasteiger partial charge in [0, 0.05) is 17.1 Å². The van der Waals surface area contributed by atoms with E-state index in [9.17, 15) is 0 Å². The highest BCUT2D eigenvalue weighted by molar-refractivity contribution is 5.92. The van der Waals surface area contributed by atoms with E-state index in [4.69, 9.17) is 0 Å². The fourth-order valence-corrected chi connectivity index (χ4v) is 12.8. The largest absolute Gasteiger partial charge is 0.310 e. The third-order valence-corrected chi connectivity index (χ3v) is 16.0. The standard InChI is InChI=1S/C74H51N/c1-6-22-52(23-7-1)54-24-20-25-55(48-54)56-26-21-35-63(49-56)75(64-45-47-71-68(51-64)66-37-17-19-39-70(66)73(71,58-27-8-2-9-28-58)59-29-10-3-11-30-59)62-43-40-53(41-44-62)57-42-46-67-65-36-16-18-38-69(65)74(72(67)50-57,60-31-12-4-13-32-60)61-33-14-5-15-34-61/h1-51H. The van der Waals surface area contributed by atoms with Crippen molar-refractivity contribution in [2.75, 3.05) is 4.90 Å². The molecule has 1 heteroatoms. The summed E-state index contributed by atoms with van der Waals surface area (Å²) in [7, 11) is 0. The predicted molar refractivity (Wildman–Crippen MR) is 312 cm³/mol. The number of hydrogen-bond donors (Lipinski definition) is 0. The van der Waals surface area contributed by atoms with Crippen molar-refractivity contribution in [3.63, 3.8) is 0 Å². The first-order chi connectivity index (χ1) is 37.2. The normalized spacial score (nSPS) is 13.3. The maximum absolute atomic E-state index is 2.46. The van der Waals surface area contributed by atoms with Crippen molar-refractivity contribution in [2.24, 2.45) is 0 Å². The van der Waals surface area contributed by atoms with Crippen LogP contribution in [-0.2, 0) is 10.8 Å². The van der Waals surface area contributed by atoms with Gasteiger partial charge in [-0.2, -0.15) is 0 Å². The van der Waals surface area contributed by atoms with Crippen molar-refractivity contribution < 1.29 is 0 Å². The molecular weight excluding hydrogens is 903 g/mol. The molecule has 0 aliphatic heterocycles. The van der Waals surface area contributed by atoms with Crippen LogP contribution >= 0.6 is 0 Å². The summed E-state index contributed by atoms with van der Waals surface area (Å²) in [5.74, 6) is 0. The molecule has 0 amide bonds. The van der Waals surface area contributed by atoms with E-state index in [1.165, 1.54) is 89.0 Å². The Kier molecular flexibility index (Phi) is 10.7. The fraction of sp³-hybridized carbons (Fsp3) is 0.0270. The van der Waals surface area contributed by atoms with Crippen molar-refractivity contribution in [1.82, 2.24) is 0 Å². The van der Waals surface area contributed by atoms with Gasteiger partial charge >= 0.3 is 0 Å². The van der Waals surface area contributed by atoms with Gasteiger partial charge in [-0.15, -0.1) is 0 Å². The molecule has 0 atom stereocenters. The van der Waals surface area contributed by atoms with Crippen LogP contribution in [0.1, 0.15) is 44.5 Å². The predicted octanol–water partition coefficient (Wildman–Crippen LogP) is 18.9. The molecule has 0 saturated heterocycles. The molecule has 0 radical (unpaired) electrons. The molecule has 12 aromatic carbocycles. The third kappa shape index (κ3) is 7.08. The van der Waals surface area contributed by atoms with Crippen LogP contribution in [0, 0.1) is 0 Å². The van der Waals surface area contributed by atoms with E-state index in [0.29, 0.717) is 0 Å². The van der Waals surface area contributed by atoms with Gasteiger partial charge < -0.3 is 4.90 Å². The lowest BCUT2D eigenvalue weighted by atomic mass is 9.67. The number of hydrogen-bond acceptors (Lipinski definition) is 1. The molecule has 352 valence electrons. The zero-order valence-electron chi connectivity index (χ0n) is 41.4. The maximum atomic E-state index is 2.46. The summed E-state index contributed by atoms with van der Waals surface area (Å²) in [6.45, 7) is 0. The van der Waals surface area contributed by atoms with E-state index < -0.39 is 10.8 Å². The molecule has 0 bridgehead atoms. The molecule has 2 aliphatic carbocycles. The quantitative estimate of drug-likeness (QED) is 0.132. The van der Waals surface area contributed by atoms with Gasteiger partial charge in [0.2, 0.25) is 0 Å². The zero-order valence-corrected chi connectivity index (χ0v) is 41.4. The highest BCUT2D eigenvalue weighted by atomic mass is 15.1. The van der Waals surface area contributed by atoms with Gasteiger partial charge in [-0.25, -0.2) is 0 Å². The summed E-state index contributed by atoms with van der Waals surface area (Å²) in [5, 5.41) is 0.